The van der Waals surface area contributed by atoms with Crippen molar-refractivity contribution in [3.05, 3.63) is 72.1 Å². The molecule has 0 radical (unpaired) electrons. The second-order valence-corrected chi connectivity index (χ2v) is 7.67. The Bertz CT molecular complexity index is 978. The summed E-state index contributed by atoms with van der Waals surface area (Å²) in [5.41, 5.74) is 4.34. The number of anilines is 2. The highest BCUT2D eigenvalue weighted by molar-refractivity contribution is 6.04. The summed E-state index contributed by atoms with van der Waals surface area (Å²) in [5, 5.41) is 6.48. The van der Waals surface area contributed by atoms with Crippen LogP contribution in [0, 0.1) is 6.92 Å². The molecule has 1 fully saturated rings. The third kappa shape index (κ3) is 4.99. The van der Waals surface area contributed by atoms with Gasteiger partial charge in [-0.15, -0.1) is 0 Å². The SMILES string of the molecule is Cc1cccc(NC(=O)c2ccc(-c3cc(NC4CCCCC4)ncn3)cc2)c1. The minimum atomic E-state index is -0.121. The van der Waals surface area contributed by atoms with Gasteiger partial charge in [-0.25, -0.2) is 9.97 Å². The fraction of sp³-hybridized carbons (Fsp3) is 0.292. The van der Waals surface area contributed by atoms with Crippen LogP contribution in [0.1, 0.15) is 48.0 Å². The highest BCUT2D eigenvalue weighted by Crippen LogP contribution is 2.24. The van der Waals surface area contributed by atoms with E-state index in [9.17, 15) is 4.79 Å². The van der Waals surface area contributed by atoms with Crippen molar-refractivity contribution in [2.75, 3.05) is 10.6 Å². The molecule has 2 aromatic carbocycles. The Hall–Kier alpha value is -3.21. The number of carbonyl (C=O) groups excluding carboxylic acids is 1. The molecular weight excluding hydrogens is 360 g/mol. The number of hydrogen-bond donors (Lipinski definition) is 2. The van der Waals surface area contributed by atoms with Crippen LogP contribution in [0.15, 0.2) is 60.9 Å². The van der Waals surface area contributed by atoms with Crippen LogP contribution in [0.25, 0.3) is 11.3 Å². The lowest BCUT2D eigenvalue weighted by Gasteiger charge is -2.23. The van der Waals surface area contributed by atoms with Crippen molar-refractivity contribution in [1.29, 1.82) is 0 Å². The number of aryl methyl sites for hydroxylation is 1. The van der Waals surface area contributed by atoms with E-state index in [0.717, 1.165) is 28.3 Å². The van der Waals surface area contributed by atoms with Crippen LogP contribution >= 0.6 is 0 Å². The number of nitrogens with one attached hydrogen (secondary N) is 2. The van der Waals surface area contributed by atoms with Gasteiger partial charge in [-0.1, -0.05) is 43.5 Å². The van der Waals surface area contributed by atoms with Crippen LogP contribution in [0.5, 0.6) is 0 Å². The fourth-order valence-electron chi connectivity index (χ4n) is 3.77. The molecule has 1 heterocycles. The Morgan fingerprint density at radius 3 is 2.52 bits per heavy atom. The molecule has 1 aliphatic rings. The highest BCUT2D eigenvalue weighted by atomic mass is 16.1. The maximum Gasteiger partial charge on any atom is 0.255 e. The smallest absolute Gasteiger partial charge is 0.255 e. The molecule has 0 aliphatic heterocycles. The topological polar surface area (TPSA) is 66.9 Å². The molecular formula is C24H26N4O. The van der Waals surface area contributed by atoms with Crippen molar-refractivity contribution in [1.82, 2.24) is 9.97 Å². The summed E-state index contributed by atoms with van der Waals surface area (Å²) in [5.74, 6) is 0.743. The second kappa shape index (κ2) is 8.86. The monoisotopic (exact) mass is 386 g/mol. The zero-order valence-corrected chi connectivity index (χ0v) is 16.7. The minimum Gasteiger partial charge on any atom is -0.367 e. The fourth-order valence-corrected chi connectivity index (χ4v) is 3.77. The summed E-state index contributed by atoms with van der Waals surface area (Å²) in [6.07, 6.45) is 7.88. The van der Waals surface area contributed by atoms with Gasteiger partial charge in [-0.2, -0.15) is 0 Å². The van der Waals surface area contributed by atoms with Gasteiger partial charge in [-0.05, 0) is 49.6 Å². The number of hydrogen-bond acceptors (Lipinski definition) is 4. The third-order valence-electron chi connectivity index (χ3n) is 5.34. The average Bonchev–Trinajstić information content (AvgIpc) is 2.75. The van der Waals surface area contributed by atoms with Crippen LogP contribution in [-0.2, 0) is 0 Å². The van der Waals surface area contributed by atoms with E-state index in [0.29, 0.717) is 11.6 Å². The highest BCUT2D eigenvalue weighted by Gasteiger charge is 2.14. The summed E-state index contributed by atoms with van der Waals surface area (Å²) < 4.78 is 0. The molecule has 0 unspecified atom stereocenters. The molecule has 29 heavy (non-hydrogen) atoms. The molecule has 5 nitrogen and oxygen atoms in total. The Balaban J connectivity index is 1.44. The van der Waals surface area contributed by atoms with Gasteiger partial charge in [0.15, 0.2) is 0 Å². The van der Waals surface area contributed by atoms with Gasteiger partial charge in [0.25, 0.3) is 5.91 Å². The van der Waals surface area contributed by atoms with E-state index in [1.165, 1.54) is 32.1 Å². The summed E-state index contributed by atoms with van der Waals surface area (Å²) in [7, 11) is 0. The van der Waals surface area contributed by atoms with Crippen molar-refractivity contribution in [2.24, 2.45) is 0 Å². The van der Waals surface area contributed by atoms with Gasteiger partial charge >= 0.3 is 0 Å². The molecule has 0 saturated heterocycles. The summed E-state index contributed by atoms with van der Waals surface area (Å²) >= 11 is 0. The van der Waals surface area contributed by atoms with Crippen molar-refractivity contribution >= 4 is 17.4 Å². The van der Waals surface area contributed by atoms with Crippen molar-refractivity contribution < 1.29 is 4.79 Å². The summed E-state index contributed by atoms with van der Waals surface area (Å²) in [6, 6.07) is 17.8. The summed E-state index contributed by atoms with van der Waals surface area (Å²) in [4.78, 5) is 21.3. The lowest BCUT2D eigenvalue weighted by atomic mass is 9.95. The molecule has 1 aromatic heterocycles. The van der Waals surface area contributed by atoms with Crippen LogP contribution in [0.4, 0.5) is 11.5 Å². The Labute approximate surface area is 171 Å². The van der Waals surface area contributed by atoms with Crippen molar-refractivity contribution in [3.8, 4) is 11.3 Å². The largest absolute Gasteiger partial charge is 0.367 e. The Morgan fingerprint density at radius 1 is 0.966 bits per heavy atom. The molecule has 1 saturated carbocycles. The molecule has 2 N–H and O–H groups in total. The quantitative estimate of drug-likeness (QED) is 0.612. The van der Waals surface area contributed by atoms with E-state index in [1.807, 2.05) is 61.5 Å². The van der Waals surface area contributed by atoms with E-state index in [1.54, 1.807) is 6.33 Å². The van der Waals surface area contributed by atoms with Crippen LogP contribution in [0.2, 0.25) is 0 Å². The predicted molar refractivity (Wildman–Crippen MR) is 117 cm³/mol. The van der Waals surface area contributed by atoms with E-state index < -0.39 is 0 Å². The molecule has 1 aliphatic carbocycles. The normalized spacial score (nSPS) is 14.4. The molecule has 0 spiro atoms. The van der Waals surface area contributed by atoms with E-state index in [-0.39, 0.29) is 5.91 Å². The molecule has 3 aromatic rings. The number of nitrogens with zero attached hydrogens (tertiary/aromatic N) is 2. The molecule has 0 atom stereocenters. The number of amides is 1. The second-order valence-electron chi connectivity index (χ2n) is 7.67. The zero-order valence-electron chi connectivity index (χ0n) is 16.7. The van der Waals surface area contributed by atoms with E-state index >= 15 is 0 Å². The van der Waals surface area contributed by atoms with Crippen LogP contribution < -0.4 is 10.6 Å². The molecule has 4 rings (SSSR count). The maximum atomic E-state index is 12.5. The van der Waals surface area contributed by atoms with Crippen molar-refractivity contribution in [2.45, 2.75) is 45.1 Å². The van der Waals surface area contributed by atoms with Crippen LogP contribution in [0.3, 0.4) is 0 Å². The molecule has 148 valence electrons. The first kappa shape index (κ1) is 19.1. The van der Waals surface area contributed by atoms with Gasteiger partial charge in [0.1, 0.15) is 12.1 Å². The number of carbonyl (C=O) groups is 1. The Kier molecular flexibility index (Phi) is 5.84. The average molecular weight is 386 g/mol. The number of rotatable bonds is 5. The first-order valence-electron chi connectivity index (χ1n) is 10.2. The van der Waals surface area contributed by atoms with Crippen LogP contribution in [-0.4, -0.2) is 21.9 Å². The zero-order chi connectivity index (χ0) is 20.1. The minimum absolute atomic E-state index is 0.121. The first-order valence-corrected chi connectivity index (χ1v) is 10.2. The Morgan fingerprint density at radius 2 is 1.76 bits per heavy atom. The number of benzene rings is 2. The molecule has 5 heteroatoms. The van der Waals surface area contributed by atoms with Gasteiger partial charge in [0.2, 0.25) is 0 Å². The lowest BCUT2D eigenvalue weighted by Crippen LogP contribution is -2.22. The van der Waals surface area contributed by atoms with Crippen molar-refractivity contribution in [3.63, 3.8) is 0 Å². The standard InChI is InChI=1S/C24H26N4O/c1-17-6-5-9-21(14-17)28-24(29)19-12-10-18(11-13-19)22-15-23(26-16-25-22)27-20-7-3-2-4-8-20/h5-6,9-16,20H,2-4,7-8H2,1H3,(H,28,29)(H,25,26,27). The van der Waals surface area contributed by atoms with Gasteiger partial charge < -0.3 is 10.6 Å². The lowest BCUT2D eigenvalue weighted by molar-refractivity contribution is 0.102. The van der Waals surface area contributed by atoms with E-state index in [4.69, 9.17) is 0 Å². The molecule has 0 bridgehead atoms. The third-order valence-corrected chi connectivity index (χ3v) is 5.34. The number of aromatic nitrogens is 2. The first-order chi connectivity index (χ1) is 14.2. The predicted octanol–water partition coefficient (Wildman–Crippen LogP) is 5.45. The van der Waals surface area contributed by atoms with Gasteiger partial charge in [-0.3, -0.25) is 4.79 Å². The van der Waals surface area contributed by atoms with Gasteiger partial charge in [0.05, 0.1) is 5.69 Å². The summed E-state index contributed by atoms with van der Waals surface area (Å²) in [6.45, 7) is 2.00. The van der Waals surface area contributed by atoms with E-state index in [2.05, 4.69) is 20.6 Å². The maximum absolute atomic E-state index is 12.5. The molecule has 1 amide bonds. The van der Waals surface area contributed by atoms with Gasteiger partial charge in [0, 0.05) is 28.9 Å².